The summed E-state index contributed by atoms with van der Waals surface area (Å²) in [4.78, 5) is 17.1. The highest BCUT2D eigenvalue weighted by Gasteiger charge is 2.41. The number of hydrogen-bond acceptors (Lipinski definition) is 3. The fourth-order valence-electron chi connectivity index (χ4n) is 4.75. The Morgan fingerprint density at radius 3 is 2.77 bits per heavy atom. The van der Waals surface area contributed by atoms with Crippen LogP contribution in [0, 0.1) is 12.3 Å². The lowest BCUT2D eigenvalue weighted by Gasteiger charge is -2.48. The van der Waals surface area contributed by atoms with E-state index in [4.69, 9.17) is 0 Å². The standard InChI is InChI=1S/C21H36N4O/c1-4-6-13-24-17-21(10-8-20(24)26)9-7-12-23(16-21)15-19-14-22-25(11-5-2)18(19)3/h14H,4-13,15-17H2,1-3H3/t21-/m1/s1. The minimum absolute atomic E-state index is 0.313. The number of aryl methyl sites for hydroxylation is 1. The number of carbonyl (C=O) groups is 1. The lowest BCUT2D eigenvalue weighted by atomic mass is 9.73. The third-order valence-electron chi connectivity index (χ3n) is 6.30. The van der Waals surface area contributed by atoms with Crippen LogP contribution in [0.5, 0.6) is 0 Å². The Kier molecular flexibility index (Phi) is 6.38. The zero-order valence-electron chi connectivity index (χ0n) is 17.0. The van der Waals surface area contributed by atoms with Gasteiger partial charge in [0.05, 0.1) is 6.20 Å². The molecule has 2 aliphatic heterocycles. The van der Waals surface area contributed by atoms with Crippen molar-refractivity contribution in [1.29, 1.82) is 0 Å². The predicted molar refractivity (Wildman–Crippen MR) is 105 cm³/mol. The van der Waals surface area contributed by atoms with E-state index >= 15 is 0 Å². The number of unbranched alkanes of at least 4 members (excludes halogenated alkanes) is 1. The Hall–Kier alpha value is -1.36. The molecule has 1 aromatic heterocycles. The van der Waals surface area contributed by atoms with Crippen molar-refractivity contribution < 1.29 is 4.79 Å². The Morgan fingerprint density at radius 2 is 2.00 bits per heavy atom. The number of nitrogens with zero attached hydrogens (tertiary/aromatic N) is 4. The molecule has 0 bridgehead atoms. The molecule has 0 aliphatic carbocycles. The first kappa shape index (κ1) is 19.4. The maximum Gasteiger partial charge on any atom is 0.222 e. The maximum absolute atomic E-state index is 12.3. The van der Waals surface area contributed by atoms with Crippen molar-refractivity contribution in [2.45, 2.75) is 78.8 Å². The summed E-state index contributed by atoms with van der Waals surface area (Å²) >= 11 is 0. The van der Waals surface area contributed by atoms with Crippen LogP contribution in [0.15, 0.2) is 6.20 Å². The van der Waals surface area contributed by atoms with E-state index in [-0.39, 0.29) is 0 Å². The van der Waals surface area contributed by atoms with Crippen molar-refractivity contribution in [3.63, 3.8) is 0 Å². The van der Waals surface area contributed by atoms with Crippen molar-refractivity contribution in [1.82, 2.24) is 19.6 Å². The summed E-state index contributed by atoms with van der Waals surface area (Å²) in [5.41, 5.74) is 2.99. The summed E-state index contributed by atoms with van der Waals surface area (Å²) in [6.07, 6.45) is 9.79. The molecular formula is C21H36N4O. The molecule has 26 heavy (non-hydrogen) atoms. The van der Waals surface area contributed by atoms with E-state index in [1.165, 1.54) is 30.6 Å². The Balaban J connectivity index is 1.64. The number of aromatic nitrogens is 2. The molecule has 1 aromatic rings. The van der Waals surface area contributed by atoms with E-state index in [2.05, 4.69) is 46.5 Å². The third kappa shape index (κ3) is 4.30. The first-order valence-corrected chi connectivity index (χ1v) is 10.6. The Bertz CT molecular complexity index is 611. The van der Waals surface area contributed by atoms with Crippen LogP contribution in [-0.2, 0) is 17.9 Å². The second-order valence-corrected chi connectivity index (χ2v) is 8.46. The molecule has 1 spiro atoms. The molecule has 0 saturated carbocycles. The topological polar surface area (TPSA) is 41.4 Å². The molecule has 2 fully saturated rings. The van der Waals surface area contributed by atoms with Gasteiger partial charge < -0.3 is 4.90 Å². The van der Waals surface area contributed by atoms with Crippen molar-refractivity contribution in [3.8, 4) is 0 Å². The Morgan fingerprint density at radius 1 is 1.15 bits per heavy atom. The molecule has 3 rings (SSSR count). The van der Waals surface area contributed by atoms with Crippen LogP contribution in [0.25, 0.3) is 0 Å². The summed E-state index contributed by atoms with van der Waals surface area (Å²) < 4.78 is 2.14. The number of piperidine rings is 2. The van der Waals surface area contributed by atoms with Gasteiger partial charge in [-0.05, 0) is 45.6 Å². The summed E-state index contributed by atoms with van der Waals surface area (Å²) in [6.45, 7) is 12.8. The molecule has 2 saturated heterocycles. The number of rotatable bonds is 7. The van der Waals surface area contributed by atoms with Gasteiger partial charge in [0.2, 0.25) is 5.91 Å². The highest BCUT2D eigenvalue weighted by atomic mass is 16.2. The molecule has 0 N–H and O–H groups in total. The largest absolute Gasteiger partial charge is 0.342 e. The minimum atomic E-state index is 0.313. The van der Waals surface area contributed by atoms with Gasteiger partial charge in [-0.25, -0.2) is 0 Å². The average Bonchev–Trinajstić information content (AvgIpc) is 2.97. The first-order valence-electron chi connectivity index (χ1n) is 10.6. The van der Waals surface area contributed by atoms with E-state index in [9.17, 15) is 4.79 Å². The molecule has 2 aliphatic rings. The molecule has 0 radical (unpaired) electrons. The monoisotopic (exact) mass is 360 g/mol. The number of likely N-dealkylation sites (tertiary alicyclic amines) is 2. The van der Waals surface area contributed by atoms with E-state index in [0.717, 1.165) is 64.8 Å². The third-order valence-corrected chi connectivity index (χ3v) is 6.30. The second-order valence-electron chi connectivity index (χ2n) is 8.46. The van der Waals surface area contributed by atoms with Crippen molar-refractivity contribution >= 4 is 5.91 Å². The van der Waals surface area contributed by atoms with Crippen LogP contribution >= 0.6 is 0 Å². The highest BCUT2D eigenvalue weighted by Crippen LogP contribution is 2.39. The van der Waals surface area contributed by atoms with Crippen molar-refractivity contribution in [2.24, 2.45) is 5.41 Å². The summed E-state index contributed by atoms with van der Waals surface area (Å²) in [6, 6.07) is 0. The zero-order valence-corrected chi connectivity index (χ0v) is 17.0. The van der Waals surface area contributed by atoms with Gasteiger partial charge in [0.15, 0.2) is 0 Å². The fraction of sp³-hybridized carbons (Fsp3) is 0.810. The van der Waals surface area contributed by atoms with Gasteiger partial charge in [0.25, 0.3) is 0 Å². The number of hydrogen-bond donors (Lipinski definition) is 0. The summed E-state index contributed by atoms with van der Waals surface area (Å²) in [7, 11) is 0. The van der Waals surface area contributed by atoms with Crippen molar-refractivity contribution in [2.75, 3.05) is 26.2 Å². The van der Waals surface area contributed by atoms with Gasteiger partial charge in [-0.1, -0.05) is 20.3 Å². The minimum Gasteiger partial charge on any atom is -0.342 e. The van der Waals surface area contributed by atoms with E-state index < -0.39 is 0 Å². The summed E-state index contributed by atoms with van der Waals surface area (Å²) in [5.74, 6) is 0.373. The average molecular weight is 361 g/mol. The lowest BCUT2D eigenvalue weighted by molar-refractivity contribution is -0.139. The molecule has 5 nitrogen and oxygen atoms in total. The predicted octanol–water partition coefficient (Wildman–Crippen LogP) is 3.61. The summed E-state index contributed by atoms with van der Waals surface area (Å²) in [5, 5.41) is 4.57. The van der Waals surface area contributed by atoms with Crippen LogP contribution in [0.4, 0.5) is 0 Å². The van der Waals surface area contributed by atoms with Gasteiger partial charge >= 0.3 is 0 Å². The highest BCUT2D eigenvalue weighted by molar-refractivity contribution is 5.77. The normalized spacial score (nSPS) is 24.6. The molecule has 146 valence electrons. The van der Waals surface area contributed by atoms with Crippen LogP contribution in [-0.4, -0.2) is 51.7 Å². The SMILES string of the molecule is CCCCN1C[C@]2(CCCN(Cc3cnn(CCC)c3C)C2)CCC1=O. The molecular weight excluding hydrogens is 324 g/mol. The number of carbonyl (C=O) groups excluding carboxylic acids is 1. The van der Waals surface area contributed by atoms with Gasteiger partial charge in [-0.15, -0.1) is 0 Å². The quantitative estimate of drug-likeness (QED) is 0.746. The molecule has 5 heteroatoms. The van der Waals surface area contributed by atoms with E-state index in [0.29, 0.717) is 11.3 Å². The number of amides is 1. The van der Waals surface area contributed by atoms with Crippen molar-refractivity contribution in [3.05, 3.63) is 17.5 Å². The fourth-order valence-corrected chi connectivity index (χ4v) is 4.75. The van der Waals surface area contributed by atoms with Gasteiger partial charge in [0.1, 0.15) is 0 Å². The molecule has 3 heterocycles. The van der Waals surface area contributed by atoms with Crippen LogP contribution < -0.4 is 0 Å². The molecule has 0 aromatic carbocycles. The first-order chi connectivity index (χ1) is 12.6. The molecule has 0 unspecified atom stereocenters. The zero-order chi connectivity index (χ0) is 18.6. The van der Waals surface area contributed by atoms with E-state index in [1.54, 1.807) is 0 Å². The smallest absolute Gasteiger partial charge is 0.222 e. The van der Waals surface area contributed by atoms with Gasteiger partial charge in [0, 0.05) is 55.8 Å². The van der Waals surface area contributed by atoms with Gasteiger partial charge in [-0.3, -0.25) is 14.4 Å². The van der Waals surface area contributed by atoms with Crippen LogP contribution in [0.1, 0.15) is 70.1 Å². The van der Waals surface area contributed by atoms with Gasteiger partial charge in [-0.2, -0.15) is 5.10 Å². The lowest BCUT2D eigenvalue weighted by Crippen LogP contribution is -2.53. The second kappa shape index (κ2) is 8.55. The molecule has 1 atom stereocenters. The van der Waals surface area contributed by atoms with E-state index in [1.807, 2.05) is 0 Å². The van der Waals surface area contributed by atoms with Crippen LogP contribution in [0.2, 0.25) is 0 Å². The maximum atomic E-state index is 12.3. The van der Waals surface area contributed by atoms with Crippen LogP contribution in [0.3, 0.4) is 0 Å². The molecule has 1 amide bonds. The Labute approximate surface area is 158 Å².